The number of pyridine rings is 1. The Morgan fingerprint density at radius 3 is 2.94 bits per heavy atom. The molecule has 0 bridgehead atoms. The van der Waals surface area contributed by atoms with E-state index in [0.717, 1.165) is 18.3 Å². The van der Waals surface area contributed by atoms with Gasteiger partial charge in [-0.15, -0.1) is 0 Å². The molecule has 4 heteroatoms. The molecule has 16 heavy (non-hydrogen) atoms. The molecular weight excluding hydrogens is 200 g/mol. The number of nitrogen functional groups attached to an aromatic ring is 1. The summed E-state index contributed by atoms with van der Waals surface area (Å²) in [6.07, 6.45) is 4.43. The maximum atomic E-state index is 5.34. The molecule has 88 valence electrons. The summed E-state index contributed by atoms with van der Waals surface area (Å²) < 4.78 is 0. The summed E-state index contributed by atoms with van der Waals surface area (Å²) in [4.78, 5) is 6.60. The third-order valence-electron chi connectivity index (χ3n) is 3.25. The molecule has 1 aliphatic rings. The quantitative estimate of drug-likeness (QED) is 0.600. The van der Waals surface area contributed by atoms with Crippen molar-refractivity contribution in [3.8, 4) is 0 Å². The van der Waals surface area contributed by atoms with E-state index in [2.05, 4.69) is 28.3 Å². The number of aromatic nitrogens is 1. The van der Waals surface area contributed by atoms with Crippen LogP contribution < -0.4 is 11.3 Å². The van der Waals surface area contributed by atoms with Gasteiger partial charge >= 0.3 is 0 Å². The molecule has 4 nitrogen and oxygen atoms in total. The van der Waals surface area contributed by atoms with E-state index in [9.17, 15) is 0 Å². The molecular formula is C12H20N4. The lowest BCUT2D eigenvalue weighted by atomic mass is 9.99. The van der Waals surface area contributed by atoms with Crippen molar-refractivity contribution in [3.05, 3.63) is 23.9 Å². The topological polar surface area (TPSA) is 54.2 Å². The first-order valence-electron chi connectivity index (χ1n) is 5.92. The number of anilines is 1. The van der Waals surface area contributed by atoms with Crippen molar-refractivity contribution >= 4 is 5.82 Å². The van der Waals surface area contributed by atoms with Crippen molar-refractivity contribution in [2.24, 2.45) is 11.8 Å². The van der Waals surface area contributed by atoms with E-state index < -0.39 is 0 Å². The van der Waals surface area contributed by atoms with Crippen LogP contribution in [0.3, 0.4) is 0 Å². The highest BCUT2D eigenvalue weighted by Gasteiger charge is 2.15. The second kappa shape index (κ2) is 5.27. The fourth-order valence-corrected chi connectivity index (χ4v) is 2.13. The van der Waals surface area contributed by atoms with Gasteiger partial charge in [-0.1, -0.05) is 6.92 Å². The van der Waals surface area contributed by atoms with E-state index in [1.165, 1.54) is 31.5 Å². The minimum absolute atomic E-state index is 0.739. The van der Waals surface area contributed by atoms with E-state index in [0.29, 0.717) is 0 Å². The predicted octanol–water partition coefficient (Wildman–Crippen LogP) is 1.60. The monoisotopic (exact) mass is 220 g/mol. The van der Waals surface area contributed by atoms with Crippen LogP contribution in [0.5, 0.6) is 0 Å². The molecule has 0 spiro atoms. The van der Waals surface area contributed by atoms with Crippen LogP contribution >= 0.6 is 0 Å². The maximum Gasteiger partial charge on any atom is 0.140 e. The molecule has 0 radical (unpaired) electrons. The lowest BCUT2D eigenvalue weighted by Gasteiger charge is -2.30. The molecule has 0 amide bonds. The molecule has 1 aromatic rings. The highest BCUT2D eigenvalue weighted by atomic mass is 15.2. The van der Waals surface area contributed by atoms with Crippen LogP contribution in [0, 0.1) is 5.92 Å². The molecule has 1 aliphatic heterocycles. The average Bonchev–Trinajstić information content (AvgIpc) is 2.32. The van der Waals surface area contributed by atoms with Crippen LogP contribution in [-0.4, -0.2) is 23.0 Å². The van der Waals surface area contributed by atoms with Gasteiger partial charge in [-0.05, 0) is 49.5 Å². The highest BCUT2D eigenvalue weighted by molar-refractivity contribution is 5.35. The number of hydrazine groups is 1. The number of likely N-dealkylation sites (tertiary alicyclic amines) is 1. The Kier molecular flexibility index (Phi) is 3.74. The number of rotatable bonds is 3. The highest BCUT2D eigenvalue weighted by Crippen LogP contribution is 2.18. The molecule has 2 heterocycles. The van der Waals surface area contributed by atoms with Gasteiger partial charge in [0.15, 0.2) is 0 Å². The molecule has 1 fully saturated rings. The minimum Gasteiger partial charge on any atom is -0.308 e. The number of hydrogen-bond acceptors (Lipinski definition) is 4. The molecule has 1 aromatic heterocycles. The Balaban J connectivity index is 1.93. The van der Waals surface area contributed by atoms with Gasteiger partial charge in [0.05, 0.1) is 0 Å². The summed E-state index contributed by atoms with van der Waals surface area (Å²) >= 11 is 0. The van der Waals surface area contributed by atoms with E-state index in [-0.39, 0.29) is 0 Å². The van der Waals surface area contributed by atoms with Gasteiger partial charge in [0.2, 0.25) is 0 Å². The van der Waals surface area contributed by atoms with Crippen LogP contribution in [0.2, 0.25) is 0 Å². The van der Waals surface area contributed by atoms with Crippen molar-refractivity contribution < 1.29 is 0 Å². The second-order valence-electron chi connectivity index (χ2n) is 4.65. The summed E-state index contributed by atoms with van der Waals surface area (Å²) in [7, 11) is 0. The molecule has 0 saturated carbocycles. The fourth-order valence-electron chi connectivity index (χ4n) is 2.13. The second-order valence-corrected chi connectivity index (χ2v) is 4.65. The lowest BCUT2D eigenvalue weighted by molar-refractivity contribution is 0.185. The normalized spacial score (nSPS) is 18.6. The first-order valence-corrected chi connectivity index (χ1v) is 5.92. The summed E-state index contributed by atoms with van der Waals surface area (Å²) in [5.74, 6) is 6.97. The molecule has 0 aromatic carbocycles. The molecule has 1 saturated heterocycles. The van der Waals surface area contributed by atoms with Crippen molar-refractivity contribution in [1.82, 2.24) is 9.88 Å². The molecule has 2 rings (SSSR count). The SMILES string of the molecule is CC1CCN(Cc2ccnc(NN)c2)CC1. The third kappa shape index (κ3) is 2.93. The van der Waals surface area contributed by atoms with Crippen molar-refractivity contribution in [2.75, 3.05) is 18.5 Å². The number of nitrogens with two attached hydrogens (primary N) is 1. The summed E-state index contributed by atoms with van der Waals surface area (Å²) in [5, 5.41) is 0. The van der Waals surface area contributed by atoms with E-state index >= 15 is 0 Å². The molecule has 3 N–H and O–H groups in total. The Labute approximate surface area is 96.8 Å². The maximum absolute atomic E-state index is 5.34. The standard InChI is InChI=1S/C12H20N4/c1-10-3-6-16(7-4-10)9-11-2-5-14-12(8-11)15-13/h2,5,8,10H,3-4,6-7,9,13H2,1H3,(H,14,15). The number of nitrogens with zero attached hydrogens (tertiary/aromatic N) is 2. The van der Waals surface area contributed by atoms with E-state index in [1.54, 1.807) is 6.20 Å². The number of hydrogen-bond donors (Lipinski definition) is 2. The van der Waals surface area contributed by atoms with Crippen LogP contribution in [0.1, 0.15) is 25.3 Å². The van der Waals surface area contributed by atoms with Gasteiger partial charge < -0.3 is 5.43 Å². The molecule has 0 unspecified atom stereocenters. The average molecular weight is 220 g/mol. The zero-order chi connectivity index (χ0) is 11.4. The molecule has 0 aliphatic carbocycles. The first kappa shape index (κ1) is 11.4. The van der Waals surface area contributed by atoms with Crippen LogP contribution in [0.25, 0.3) is 0 Å². The fraction of sp³-hybridized carbons (Fsp3) is 0.583. The van der Waals surface area contributed by atoms with Crippen molar-refractivity contribution in [1.29, 1.82) is 0 Å². The Bertz CT molecular complexity index is 332. The zero-order valence-corrected chi connectivity index (χ0v) is 9.82. The van der Waals surface area contributed by atoms with E-state index in [4.69, 9.17) is 5.84 Å². The van der Waals surface area contributed by atoms with Crippen molar-refractivity contribution in [3.63, 3.8) is 0 Å². The summed E-state index contributed by atoms with van der Waals surface area (Å²) in [5.41, 5.74) is 3.86. The Morgan fingerprint density at radius 1 is 1.50 bits per heavy atom. The van der Waals surface area contributed by atoms with Gasteiger partial charge in [0, 0.05) is 12.7 Å². The van der Waals surface area contributed by atoms with Gasteiger partial charge in [-0.3, -0.25) is 4.90 Å². The largest absolute Gasteiger partial charge is 0.308 e. The van der Waals surface area contributed by atoms with Gasteiger partial charge in [-0.25, -0.2) is 10.8 Å². The summed E-state index contributed by atoms with van der Waals surface area (Å²) in [6, 6.07) is 4.07. The predicted molar refractivity (Wildman–Crippen MR) is 65.7 cm³/mol. The van der Waals surface area contributed by atoms with Crippen LogP contribution in [0.15, 0.2) is 18.3 Å². The Hall–Kier alpha value is -1.13. The summed E-state index contributed by atoms with van der Waals surface area (Å²) in [6.45, 7) is 5.74. The smallest absolute Gasteiger partial charge is 0.140 e. The lowest BCUT2D eigenvalue weighted by Crippen LogP contribution is -2.32. The van der Waals surface area contributed by atoms with Gasteiger partial charge in [0.25, 0.3) is 0 Å². The van der Waals surface area contributed by atoms with Crippen LogP contribution in [0.4, 0.5) is 5.82 Å². The number of nitrogens with one attached hydrogen (secondary N) is 1. The Morgan fingerprint density at radius 2 is 2.25 bits per heavy atom. The van der Waals surface area contributed by atoms with Crippen molar-refractivity contribution in [2.45, 2.75) is 26.3 Å². The van der Waals surface area contributed by atoms with Gasteiger partial charge in [0.1, 0.15) is 5.82 Å². The first-order chi connectivity index (χ1) is 7.78. The van der Waals surface area contributed by atoms with Gasteiger partial charge in [-0.2, -0.15) is 0 Å². The third-order valence-corrected chi connectivity index (χ3v) is 3.25. The molecule has 0 atom stereocenters. The zero-order valence-electron chi connectivity index (χ0n) is 9.82. The van der Waals surface area contributed by atoms with E-state index in [1.807, 2.05) is 6.07 Å². The minimum atomic E-state index is 0.739. The van der Waals surface area contributed by atoms with Crippen LogP contribution in [-0.2, 0) is 6.54 Å². The number of piperidine rings is 1.